The summed E-state index contributed by atoms with van der Waals surface area (Å²) in [5, 5.41) is 0. The fourth-order valence-corrected chi connectivity index (χ4v) is 4.99. The lowest BCUT2D eigenvalue weighted by atomic mass is 9.79. The van der Waals surface area contributed by atoms with E-state index in [1.807, 2.05) is 32.0 Å². The molecule has 2 aliphatic rings. The van der Waals surface area contributed by atoms with Crippen LogP contribution in [0.25, 0.3) is 0 Å². The summed E-state index contributed by atoms with van der Waals surface area (Å²) in [4.78, 5) is 0. The van der Waals surface area contributed by atoms with E-state index in [-0.39, 0.29) is 6.10 Å². The third kappa shape index (κ3) is 4.35. The van der Waals surface area contributed by atoms with Gasteiger partial charge in [-0.3, -0.25) is 0 Å². The maximum Gasteiger partial charge on any atom is 0.163 e. The van der Waals surface area contributed by atoms with Crippen molar-refractivity contribution in [1.82, 2.24) is 0 Å². The number of hydrogen-bond donors (Lipinski definition) is 0. The van der Waals surface area contributed by atoms with Crippen molar-refractivity contribution in [2.75, 3.05) is 19.8 Å². The van der Waals surface area contributed by atoms with Gasteiger partial charge in [0.2, 0.25) is 0 Å². The molecule has 2 atom stereocenters. The van der Waals surface area contributed by atoms with Gasteiger partial charge < -0.3 is 18.9 Å². The van der Waals surface area contributed by atoms with Crippen molar-refractivity contribution in [1.29, 1.82) is 0 Å². The highest BCUT2D eigenvalue weighted by molar-refractivity contribution is 5.47. The van der Waals surface area contributed by atoms with Crippen molar-refractivity contribution in [2.45, 2.75) is 43.4 Å². The molecular formula is C30H32O4. The largest absolute Gasteiger partial charge is 0.365 e. The first-order chi connectivity index (χ1) is 16.5. The quantitative estimate of drug-likeness (QED) is 0.330. The second-order valence-electron chi connectivity index (χ2n) is 9.44. The molecule has 0 amide bonds. The van der Waals surface area contributed by atoms with Gasteiger partial charge in [0.25, 0.3) is 0 Å². The Morgan fingerprint density at radius 2 is 1.29 bits per heavy atom. The van der Waals surface area contributed by atoms with Gasteiger partial charge in [-0.25, -0.2) is 0 Å². The van der Waals surface area contributed by atoms with Crippen LogP contribution < -0.4 is 0 Å². The SMILES string of the molecule is CC1(C)OC[C@@H]([C@@]2(COC(c3ccccc3)(c3ccccc3)c3ccccc3)CC=CCO2)O1. The summed E-state index contributed by atoms with van der Waals surface area (Å²) in [5.41, 5.74) is 1.75. The third-order valence-corrected chi connectivity index (χ3v) is 6.77. The Labute approximate surface area is 202 Å². The Morgan fingerprint density at radius 1 is 0.765 bits per heavy atom. The first-order valence-corrected chi connectivity index (χ1v) is 12.0. The van der Waals surface area contributed by atoms with E-state index in [0.717, 1.165) is 16.7 Å². The van der Waals surface area contributed by atoms with Crippen LogP contribution in [0.2, 0.25) is 0 Å². The number of rotatable bonds is 7. The van der Waals surface area contributed by atoms with Crippen molar-refractivity contribution in [2.24, 2.45) is 0 Å². The summed E-state index contributed by atoms with van der Waals surface area (Å²) in [6, 6.07) is 31.3. The Bertz CT molecular complexity index is 998. The zero-order valence-electron chi connectivity index (χ0n) is 19.9. The summed E-state index contributed by atoms with van der Waals surface area (Å²) in [6.45, 7) is 5.24. The van der Waals surface area contributed by atoms with Crippen LogP contribution in [-0.4, -0.2) is 37.3 Å². The van der Waals surface area contributed by atoms with Gasteiger partial charge in [0.15, 0.2) is 5.79 Å². The zero-order chi connectivity index (χ0) is 23.5. The summed E-state index contributed by atoms with van der Waals surface area (Å²) < 4.78 is 25.8. The summed E-state index contributed by atoms with van der Waals surface area (Å²) in [7, 11) is 0. The Hall–Kier alpha value is -2.76. The molecule has 176 valence electrons. The molecule has 3 aromatic rings. The molecule has 0 unspecified atom stereocenters. The first-order valence-electron chi connectivity index (χ1n) is 12.0. The van der Waals surface area contributed by atoms with E-state index in [4.69, 9.17) is 18.9 Å². The Morgan fingerprint density at radius 3 is 1.71 bits per heavy atom. The number of ether oxygens (including phenoxy) is 4. The van der Waals surface area contributed by atoms with Crippen molar-refractivity contribution in [3.8, 4) is 0 Å². The summed E-state index contributed by atoms with van der Waals surface area (Å²) >= 11 is 0. The van der Waals surface area contributed by atoms with E-state index in [9.17, 15) is 0 Å². The predicted molar refractivity (Wildman–Crippen MR) is 133 cm³/mol. The standard InChI is InChI=1S/C30H32O4/c1-28(2)32-22-27(34-28)29(20-12-13-21-31-29)23-33-30(24-14-6-3-7-15-24,25-16-8-4-9-17-25)26-18-10-5-11-19-26/h3-19,27H,20-23H2,1-2H3/t27-,29-/m0/s1. The molecule has 5 rings (SSSR count). The van der Waals surface area contributed by atoms with Crippen LogP contribution in [0.5, 0.6) is 0 Å². The molecule has 3 aromatic carbocycles. The van der Waals surface area contributed by atoms with E-state index >= 15 is 0 Å². The first kappa shape index (κ1) is 23.0. The normalized spacial score (nSPS) is 24.2. The summed E-state index contributed by atoms with van der Waals surface area (Å²) in [5.74, 6) is -0.641. The summed E-state index contributed by atoms with van der Waals surface area (Å²) in [6.07, 6.45) is 4.69. The van der Waals surface area contributed by atoms with Crippen LogP contribution in [0.4, 0.5) is 0 Å². The number of hydrogen-bond acceptors (Lipinski definition) is 4. The van der Waals surface area contributed by atoms with Gasteiger partial charge in [-0.2, -0.15) is 0 Å². The van der Waals surface area contributed by atoms with Gasteiger partial charge in [0.1, 0.15) is 17.3 Å². The van der Waals surface area contributed by atoms with Gasteiger partial charge in [-0.05, 0) is 37.0 Å². The van der Waals surface area contributed by atoms with E-state index < -0.39 is 17.0 Å². The van der Waals surface area contributed by atoms with Gasteiger partial charge in [0, 0.05) is 0 Å². The van der Waals surface area contributed by atoms with Crippen LogP contribution in [0.3, 0.4) is 0 Å². The minimum Gasteiger partial charge on any atom is -0.365 e. The second-order valence-corrected chi connectivity index (χ2v) is 9.44. The lowest BCUT2D eigenvalue weighted by Crippen LogP contribution is -2.53. The predicted octanol–water partition coefficient (Wildman–Crippen LogP) is 5.86. The molecule has 1 saturated heterocycles. The van der Waals surface area contributed by atoms with Crippen LogP contribution in [0.1, 0.15) is 37.0 Å². The van der Waals surface area contributed by atoms with Crippen LogP contribution in [0, 0.1) is 0 Å². The van der Waals surface area contributed by atoms with Crippen molar-refractivity contribution in [3.63, 3.8) is 0 Å². The van der Waals surface area contributed by atoms with Crippen molar-refractivity contribution >= 4 is 0 Å². The average molecular weight is 457 g/mol. The van der Waals surface area contributed by atoms with Crippen LogP contribution in [-0.2, 0) is 24.5 Å². The van der Waals surface area contributed by atoms with E-state index in [0.29, 0.717) is 26.2 Å². The molecule has 0 saturated carbocycles. The van der Waals surface area contributed by atoms with Gasteiger partial charge in [-0.15, -0.1) is 0 Å². The van der Waals surface area contributed by atoms with Gasteiger partial charge >= 0.3 is 0 Å². The highest BCUT2D eigenvalue weighted by Crippen LogP contribution is 2.43. The molecule has 1 fully saturated rings. The molecule has 2 heterocycles. The monoisotopic (exact) mass is 456 g/mol. The maximum absolute atomic E-state index is 7.12. The molecule has 4 heteroatoms. The lowest BCUT2D eigenvalue weighted by molar-refractivity contribution is -0.205. The minimum absolute atomic E-state index is 0.229. The highest BCUT2D eigenvalue weighted by atomic mass is 16.8. The van der Waals surface area contributed by atoms with Crippen LogP contribution in [0.15, 0.2) is 103 Å². The minimum atomic E-state index is -0.809. The molecular weight excluding hydrogens is 424 g/mol. The molecule has 0 spiro atoms. The molecule has 34 heavy (non-hydrogen) atoms. The third-order valence-electron chi connectivity index (χ3n) is 6.77. The lowest BCUT2D eigenvalue weighted by Gasteiger charge is -2.43. The van der Waals surface area contributed by atoms with E-state index in [1.54, 1.807) is 0 Å². The van der Waals surface area contributed by atoms with Gasteiger partial charge in [0.05, 0.1) is 19.8 Å². The fourth-order valence-electron chi connectivity index (χ4n) is 4.99. The molecule has 2 aliphatic heterocycles. The fraction of sp³-hybridized carbons (Fsp3) is 0.333. The second kappa shape index (κ2) is 9.47. The zero-order valence-corrected chi connectivity index (χ0v) is 19.9. The molecule has 0 aromatic heterocycles. The van der Waals surface area contributed by atoms with E-state index in [2.05, 4.69) is 84.9 Å². The smallest absolute Gasteiger partial charge is 0.163 e. The van der Waals surface area contributed by atoms with Crippen LogP contribution >= 0.6 is 0 Å². The Balaban J connectivity index is 1.60. The van der Waals surface area contributed by atoms with Crippen molar-refractivity contribution in [3.05, 3.63) is 120 Å². The molecule has 0 bridgehead atoms. The maximum atomic E-state index is 7.12. The number of benzene rings is 3. The average Bonchev–Trinajstić information content (AvgIpc) is 3.27. The molecule has 0 aliphatic carbocycles. The molecule has 0 N–H and O–H groups in total. The van der Waals surface area contributed by atoms with Crippen molar-refractivity contribution < 1.29 is 18.9 Å². The molecule has 0 radical (unpaired) electrons. The molecule has 4 nitrogen and oxygen atoms in total. The topological polar surface area (TPSA) is 36.9 Å². The highest BCUT2D eigenvalue weighted by Gasteiger charge is 2.50. The van der Waals surface area contributed by atoms with E-state index in [1.165, 1.54) is 0 Å². The Kier molecular flexibility index (Phi) is 6.41. The van der Waals surface area contributed by atoms with Gasteiger partial charge in [-0.1, -0.05) is 103 Å².